The fraction of sp³-hybridized carbons (Fsp3) is 0.348. The molecule has 3 heterocycles. The lowest BCUT2D eigenvalue weighted by molar-refractivity contribution is 0.0240. The highest BCUT2D eigenvalue weighted by molar-refractivity contribution is 9.10. The van der Waals surface area contributed by atoms with Gasteiger partial charge in [-0.1, -0.05) is 12.1 Å². The number of ether oxygens (including phenoxy) is 1. The summed E-state index contributed by atoms with van der Waals surface area (Å²) in [5, 5.41) is 13.7. The van der Waals surface area contributed by atoms with Gasteiger partial charge in [0, 0.05) is 48.1 Å². The molecule has 1 saturated heterocycles. The highest BCUT2D eigenvalue weighted by atomic mass is 79.9. The number of nitriles is 1. The predicted molar refractivity (Wildman–Crippen MR) is 123 cm³/mol. The molecule has 0 atom stereocenters. The van der Waals surface area contributed by atoms with Crippen molar-refractivity contribution in [1.29, 1.82) is 5.26 Å². The zero-order valence-corrected chi connectivity index (χ0v) is 19.4. The lowest BCUT2D eigenvalue weighted by atomic mass is 10.0. The molecule has 1 aliphatic heterocycles. The summed E-state index contributed by atoms with van der Waals surface area (Å²) in [6, 6.07) is 12.5. The Morgan fingerprint density at radius 3 is 2.45 bits per heavy atom. The number of halogens is 1. The van der Waals surface area contributed by atoms with E-state index in [1.165, 1.54) is 0 Å². The summed E-state index contributed by atoms with van der Waals surface area (Å²) < 4.78 is 8.09. The van der Waals surface area contributed by atoms with Crippen molar-refractivity contribution >= 4 is 33.2 Å². The van der Waals surface area contributed by atoms with Crippen molar-refractivity contribution in [3.05, 3.63) is 52.8 Å². The molecule has 0 radical (unpaired) electrons. The molecule has 2 aromatic heterocycles. The largest absolute Gasteiger partial charge is 0.444 e. The van der Waals surface area contributed by atoms with Crippen molar-refractivity contribution in [3.63, 3.8) is 0 Å². The van der Waals surface area contributed by atoms with Crippen molar-refractivity contribution in [1.82, 2.24) is 14.5 Å². The summed E-state index contributed by atoms with van der Waals surface area (Å²) in [5.41, 5.74) is 3.93. The average Bonchev–Trinajstić information content (AvgIpc) is 3.15. The number of nitrogens with zero attached hydrogens (tertiary/aromatic N) is 5. The van der Waals surface area contributed by atoms with Crippen LogP contribution in [0.15, 0.2) is 47.2 Å². The van der Waals surface area contributed by atoms with E-state index in [0.29, 0.717) is 18.7 Å². The first-order valence-electron chi connectivity index (χ1n) is 10.2. The van der Waals surface area contributed by atoms with Gasteiger partial charge in [-0.05, 0) is 60.5 Å². The monoisotopic (exact) mass is 481 g/mol. The van der Waals surface area contributed by atoms with Gasteiger partial charge in [0.05, 0.1) is 17.3 Å². The zero-order chi connectivity index (χ0) is 22.2. The van der Waals surface area contributed by atoms with Crippen molar-refractivity contribution in [2.24, 2.45) is 0 Å². The third-order valence-electron chi connectivity index (χ3n) is 5.17. The van der Waals surface area contributed by atoms with E-state index in [9.17, 15) is 10.1 Å². The van der Waals surface area contributed by atoms with Crippen molar-refractivity contribution in [2.75, 3.05) is 31.1 Å². The third kappa shape index (κ3) is 4.52. The topological polar surface area (TPSA) is 73.9 Å². The highest BCUT2D eigenvalue weighted by Crippen LogP contribution is 2.31. The Morgan fingerprint density at radius 2 is 1.84 bits per heavy atom. The first-order valence-corrected chi connectivity index (χ1v) is 10.9. The molecule has 1 fully saturated rings. The van der Waals surface area contributed by atoms with E-state index in [2.05, 4.69) is 56.3 Å². The third-order valence-corrected chi connectivity index (χ3v) is 5.61. The summed E-state index contributed by atoms with van der Waals surface area (Å²) in [6.07, 6.45) is 3.18. The minimum Gasteiger partial charge on any atom is -0.444 e. The number of carbonyl (C=O) groups is 1. The van der Waals surface area contributed by atoms with Gasteiger partial charge in [-0.15, -0.1) is 0 Å². The quantitative estimate of drug-likeness (QED) is 0.530. The van der Waals surface area contributed by atoms with Crippen LogP contribution in [0.3, 0.4) is 0 Å². The molecule has 8 heteroatoms. The van der Waals surface area contributed by atoms with Crippen LogP contribution in [0.5, 0.6) is 0 Å². The number of amides is 1. The number of pyridine rings is 1. The maximum Gasteiger partial charge on any atom is 0.410 e. The molecule has 3 aromatic rings. The van der Waals surface area contributed by atoms with E-state index in [0.717, 1.165) is 39.9 Å². The van der Waals surface area contributed by atoms with Gasteiger partial charge in [0.1, 0.15) is 11.7 Å². The van der Waals surface area contributed by atoms with E-state index < -0.39 is 5.60 Å². The number of benzene rings is 1. The van der Waals surface area contributed by atoms with E-state index >= 15 is 0 Å². The van der Waals surface area contributed by atoms with Crippen LogP contribution >= 0.6 is 15.9 Å². The van der Waals surface area contributed by atoms with Crippen LogP contribution in [0.2, 0.25) is 0 Å². The normalized spacial score (nSPS) is 14.5. The SMILES string of the molecule is CC(C)(C)OC(=O)N1CCN(c2ccc(-c3cc(Br)cn4ncc(C#N)c34)cc2)CC1. The average molecular weight is 482 g/mol. The Morgan fingerprint density at radius 1 is 1.16 bits per heavy atom. The van der Waals surface area contributed by atoms with Crippen LogP contribution in [0.4, 0.5) is 10.5 Å². The van der Waals surface area contributed by atoms with Gasteiger partial charge in [0.2, 0.25) is 0 Å². The maximum atomic E-state index is 12.3. The highest BCUT2D eigenvalue weighted by Gasteiger charge is 2.26. The Labute approximate surface area is 189 Å². The minimum atomic E-state index is -0.483. The molecule has 7 nitrogen and oxygen atoms in total. The number of rotatable bonds is 2. The fourth-order valence-corrected chi connectivity index (χ4v) is 4.14. The summed E-state index contributed by atoms with van der Waals surface area (Å²) in [7, 11) is 0. The van der Waals surface area contributed by atoms with Gasteiger partial charge in [0.15, 0.2) is 0 Å². The van der Waals surface area contributed by atoms with Crippen molar-refractivity contribution < 1.29 is 9.53 Å². The number of piperazine rings is 1. The number of anilines is 1. The van der Waals surface area contributed by atoms with E-state index in [1.54, 1.807) is 15.6 Å². The Kier molecular flexibility index (Phi) is 5.63. The van der Waals surface area contributed by atoms with Gasteiger partial charge in [0.25, 0.3) is 0 Å². The summed E-state index contributed by atoms with van der Waals surface area (Å²) in [6.45, 7) is 8.40. The number of hydrogen-bond donors (Lipinski definition) is 0. The van der Waals surface area contributed by atoms with Crippen LogP contribution in [0, 0.1) is 11.3 Å². The number of aromatic nitrogens is 2. The summed E-state index contributed by atoms with van der Waals surface area (Å²) >= 11 is 3.53. The number of carbonyl (C=O) groups excluding carboxylic acids is 1. The molecule has 160 valence electrons. The number of fused-ring (bicyclic) bond motifs is 1. The molecule has 0 N–H and O–H groups in total. The minimum absolute atomic E-state index is 0.254. The molecule has 1 amide bonds. The Balaban J connectivity index is 1.50. The van der Waals surface area contributed by atoms with Crippen LogP contribution in [-0.4, -0.2) is 52.4 Å². The predicted octanol–water partition coefficient (Wildman–Crippen LogP) is 4.69. The molecule has 31 heavy (non-hydrogen) atoms. The van der Waals surface area contributed by atoms with E-state index in [-0.39, 0.29) is 6.09 Å². The molecule has 0 bridgehead atoms. The smallest absolute Gasteiger partial charge is 0.410 e. The molecular weight excluding hydrogens is 458 g/mol. The van der Waals surface area contributed by atoms with Gasteiger partial charge in [-0.3, -0.25) is 0 Å². The second-order valence-corrected chi connectivity index (χ2v) is 9.45. The van der Waals surface area contributed by atoms with Gasteiger partial charge in [-0.25, -0.2) is 9.31 Å². The first-order chi connectivity index (χ1) is 14.7. The standard InChI is InChI=1S/C23H24BrN5O2/c1-23(2,3)31-22(30)28-10-8-27(9-11-28)19-6-4-16(5-7-19)20-12-18(24)15-29-21(20)17(13-25)14-26-29/h4-7,12,14-15H,8-11H2,1-3H3. The fourth-order valence-electron chi connectivity index (χ4n) is 3.72. The summed E-state index contributed by atoms with van der Waals surface area (Å²) in [4.78, 5) is 16.3. The molecular formula is C23H24BrN5O2. The second-order valence-electron chi connectivity index (χ2n) is 8.54. The van der Waals surface area contributed by atoms with Crippen molar-refractivity contribution in [3.8, 4) is 17.2 Å². The lowest BCUT2D eigenvalue weighted by Crippen LogP contribution is -2.50. The Hall–Kier alpha value is -3.05. The first kappa shape index (κ1) is 21.2. The van der Waals surface area contributed by atoms with Crippen molar-refractivity contribution in [2.45, 2.75) is 26.4 Å². The van der Waals surface area contributed by atoms with Crippen LogP contribution in [-0.2, 0) is 4.74 Å². The van der Waals surface area contributed by atoms with Gasteiger partial charge in [-0.2, -0.15) is 10.4 Å². The molecule has 0 aliphatic carbocycles. The van der Waals surface area contributed by atoms with Crippen LogP contribution in [0.25, 0.3) is 16.6 Å². The molecule has 0 saturated carbocycles. The van der Waals surface area contributed by atoms with Crippen LogP contribution < -0.4 is 4.90 Å². The molecule has 0 spiro atoms. The number of hydrogen-bond acceptors (Lipinski definition) is 5. The lowest BCUT2D eigenvalue weighted by Gasteiger charge is -2.36. The van der Waals surface area contributed by atoms with Gasteiger partial charge < -0.3 is 14.5 Å². The van der Waals surface area contributed by atoms with Gasteiger partial charge >= 0.3 is 6.09 Å². The van der Waals surface area contributed by atoms with Crippen LogP contribution in [0.1, 0.15) is 26.3 Å². The van der Waals surface area contributed by atoms with E-state index in [1.807, 2.05) is 33.0 Å². The summed E-state index contributed by atoms with van der Waals surface area (Å²) in [5.74, 6) is 0. The molecule has 0 unspecified atom stereocenters. The molecule has 1 aromatic carbocycles. The Bertz CT molecular complexity index is 1150. The second kappa shape index (κ2) is 8.23. The molecule has 1 aliphatic rings. The zero-order valence-electron chi connectivity index (χ0n) is 17.8. The molecule has 4 rings (SSSR count). The maximum absolute atomic E-state index is 12.3. The van der Waals surface area contributed by atoms with E-state index in [4.69, 9.17) is 4.74 Å².